The SMILES string of the molecule is O=[N+]([O-])c1ccc(N2CC(CO)CC2CO)cc1C(F)(F)F. The van der Waals surface area contributed by atoms with Gasteiger partial charge >= 0.3 is 6.18 Å². The Kier molecular flexibility index (Phi) is 4.57. The highest BCUT2D eigenvalue weighted by Gasteiger charge is 2.40. The molecule has 1 saturated heterocycles. The molecule has 22 heavy (non-hydrogen) atoms. The van der Waals surface area contributed by atoms with E-state index >= 15 is 0 Å². The molecule has 1 aliphatic heterocycles. The molecule has 1 aromatic carbocycles. The molecular weight excluding hydrogens is 305 g/mol. The largest absolute Gasteiger partial charge is 0.423 e. The average molecular weight is 320 g/mol. The summed E-state index contributed by atoms with van der Waals surface area (Å²) in [5, 5.41) is 29.2. The number of halogens is 3. The fourth-order valence-corrected chi connectivity index (χ4v) is 2.72. The summed E-state index contributed by atoms with van der Waals surface area (Å²) in [6, 6.07) is 2.36. The van der Waals surface area contributed by atoms with E-state index in [-0.39, 0.29) is 31.4 Å². The molecule has 2 unspecified atom stereocenters. The number of aliphatic hydroxyl groups is 2. The summed E-state index contributed by atoms with van der Waals surface area (Å²) in [5.74, 6) is -0.151. The van der Waals surface area contributed by atoms with Crippen molar-refractivity contribution in [2.75, 3.05) is 24.7 Å². The molecule has 1 fully saturated rings. The second-order valence-corrected chi connectivity index (χ2v) is 5.23. The molecule has 1 heterocycles. The van der Waals surface area contributed by atoms with Crippen molar-refractivity contribution in [1.82, 2.24) is 0 Å². The molecule has 0 bridgehead atoms. The lowest BCUT2D eigenvalue weighted by molar-refractivity contribution is -0.388. The molecule has 122 valence electrons. The molecule has 2 atom stereocenters. The minimum Gasteiger partial charge on any atom is -0.396 e. The van der Waals surface area contributed by atoms with Crippen LogP contribution >= 0.6 is 0 Å². The van der Waals surface area contributed by atoms with Crippen LogP contribution in [0.15, 0.2) is 18.2 Å². The molecule has 2 N–H and O–H groups in total. The zero-order chi connectivity index (χ0) is 16.5. The minimum atomic E-state index is -4.84. The number of nitro benzene ring substituents is 1. The Hall–Kier alpha value is -1.87. The topological polar surface area (TPSA) is 86.8 Å². The Morgan fingerprint density at radius 1 is 1.32 bits per heavy atom. The number of anilines is 1. The van der Waals surface area contributed by atoms with Crippen LogP contribution in [0.3, 0.4) is 0 Å². The quantitative estimate of drug-likeness (QED) is 0.652. The summed E-state index contributed by atoms with van der Waals surface area (Å²) in [4.78, 5) is 11.2. The van der Waals surface area contributed by atoms with Crippen molar-refractivity contribution in [3.05, 3.63) is 33.9 Å². The lowest BCUT2D eigenvalue weighted by Crippen LogP contribution is -2.32. The molecule has 0 amide bonds. The zero-order valence-electron chi connectivity index (χ0n) is 11.5. The predicted molar refractivity (Wildman–Crippen MR) is 71.5 cm³/mol. The van der Waals surface area contributed by atoms with E-state index in [0.29, 0.717) is 6.42 Å². The summed E-state index contributed by atoms with van der Waals surface area (Å²) in [6.07, 6.45) is -4.39. The number of aliphatic hydroxyl groups excluding tert-OH is 2. The van der Waals surface area contributed by atoms with Crippen LogP contribution in [0.4, 0.5) is 24.5 Å². The van der Waals surface area contributed by atoms with Crippen molar-refractivity contribution in [3.63, 3.8) is 0 Å². The maximum atomic E-state index is 13.0. The third kappa shape index (κ3) is 3.14. The van der Waals surface area contributed by atoms with Gasteiger partial charge in [0, 0.05) is 30.8 Å². The van der Waals surface area contributed by atoms with Crippen LogP contribution in [-0.2, 0) is 6.18 Å². The van der Waals surface area contributed by atoms with Crippen molar-refractivity contribution in [2.24, 2.45) is 5.92 Å². The highest BCUT2D eigenvalue weighted by molar-refractivity contribution is 5.58. The summed E-state index contributed by atoms with van der Waals surface area (Å²) >= 11 is 0. The van der Waals surface area contributed by atoms with Gasteiger partial charge in [-0.15, -0.1) is 0 Å². The number of rotatable bonds is 4. The molecule has 1 aliphatic rings. The van der Waals surface area contributed by atoms with E-state index < -0.39 is 28.4 Å². The third-order valence-electron chi connectivity index (χ3n) is 3.78. The van der Waals surface area contributed by atoms with Crippen LogP contribution in [0.2, 0.25) is 0 Å². The van der Waals surface area contributed by atoms with Gasteiger partial charge in [0.2, 0.25) is 0 Å². The summed E-state index contributed by atoms with van der Waals surface area (Å²) < 4.78 is 39.0. The first-order valence-electron chi connectivity index (χ1n) is 6.62. The number of nitro groups is 1. The highest BCUT2D eigenvalue weighted by atomic mass is 19.4. The van der Waals surface area contributed by atoms with E-state index in [2.05, 4.69) is 0 Å². The number of hydrogen-bond donors (Lipinski definition) is 2. The van der Waals surface area contributed by atoms with Gasteiger partial charge in [0.05, 0.1) is 17.6 Å². The first-order chi connectivity index (χ1) is 10.3. The van der Waals surface area contributed by atoms with Crippen molar-refractivity contribution in [3.8, 4) is 0 Å². The maximum absolute atomic E-state index is 13.0. The highest BCUT2D eigenvalue weighted by Crippen LogP contribution is 2.39. The molecular formula is C13H15F3N2O4. The van der Waals surface area contributed by atoms with Gasteiger partial charge in [-0.1, -0.05) is 0 Å². The van der Waals surface area contributed by atoms with Crippen LogP contribution in [0.25, 0.3) is 0 Å². The fourth-order valence-electron chi connectivity index (χ4n) is 2.72. The Morgan fingerprint density at radius 2 is 2.00 bits per heavy atom. The number of nitrogens with zero attached hydrogens (tertiary/aromatic N) is 2. The van der Waals surface area contributed by atoms with Crippen LogP contribution < -0.4 is 4.90 Å². The Balaban J connectivity index is 2.42. The van der Waals surface area contributed by atoms with Crippen LogP contribution in [0, 0.1) is 16.0 Å². The molecule has 6 nitrogen and oxygen atoms in total. The average Bonchev–Trinajstić information content (AvgIpc) is 2.89. The fraction of sp³-hybridized carbons (Fsp3) is 0.538. The van der Waals surface area contributed by atoms with Crippen LogP contribution in [0.1, 0.15) is 12.0 Å². The first kappa shape index (κ1) is 16.5. The minimum absolute atomic E-state index is 0.133. The van der Waals surface area contributed by atoms with E-state index in [9.17, 15) is 28.4 Å². The van der Waals surface area contributed by atoms with Gasteiger partial charge in [-0.2, -0.15) is 13.2 Å². The summed E-state index contributed by atoms with van der Waals surface area (Å²) in [6.45, 7) is -0.113. The van der Waals surface area contributed by atoms with E-state index in [4.69, 9.17) is 5.11 Å². The van der Waals surface area contributed by atoms with E-state index in [1.807, 2.05) is 0 Å². The molecule has 9 heteroatoms. The van der Waals surface area contributed by atoms with E-state index in [1.165, 1.54) is 6.07 Å². The monoisotopic (exact) mass is 320 g/mol. The standard InChI is InChI=1S/C13H15F3N2O4/c14-13(15,16)11-4-9(1-2-12(11)18(21)22)17-5-8(6-19)3-10(17)7-20/h1-2,4,8,10,19-20H,3,5-7H2. The van der Waals surface area contributed by atoms with Gasteiger partial charge in [0.15, 0.2) is 0 Å². The van der Waals surface area contributed by atoms with Gasteiger partial charge in [-0.25, -0.2) is 0 Å². The van der Waals surface area contributed by atoms with Crippen molar-refractivity contribution >= 4 is 11.4 Å². The molecule has 0 saturated carbocycles. The molecule has 2 rings (SSSR count). The van der Waals surface area contributed by atoms with Gasteiger partial charge in [-0.3, -0.25) is 10.1 Å². The Morgan fingerprint density at radius 3 is 2.50 bits per heavy atom. The van der Waals surface area contributed by atoms with Gasteiger partial charge in [0.25, 0.3) is 5.69 Å². The normalized spacial score (nSPS) is 22.1. The zero-order valence-corrected chi connectivity index (χ0v) is 11.5. The van der Waals surface area contributed by atoms with Crippen LogP contribution in [0.5, 0.6) is 0 Å². The van der Waals surface area contributed by atoms with E-state index in [1.54, 1.807) is 4.90 Å². The van der Waals surface area contributed by atoms with Gasteiger partial charge in [0.1, 0.15) is 5.56 Å². The lowest BCUT2D eigenvalue weighted by atomic mass is 10.1. The molecule has 0 spiro atoms. The number of alkyl halides is 3. The smallest absolute Gasteiger partial charge is 0.396 e. The second kappa shape index (κ2) is 6.09. The van der Waals surface area contributed by atoms with E-state index in [0.717, 1.165) is 12.1 Å². The maximum Gasteiger partial charge on any atom is 0.423 e. The first-order valence-corrected chi connectivity index (χ1v) is 6.62. The third-order valence-corrected chi connectivity index (χ3v) is 3.78. The second-order valence-electron chi connectivity index (χ2n) is 5.23. The molecule has 0 radical (unpaired) electrons. The molecule has 0 aliphatic carbocycles. The molecule has 1 aromatic rings. The van der Waals surface area contributed by atoms with Crippen LogP contribution in [-0.4, -0.2) is 40.9 Å². The van der Waals surface area contributed by atoms with Crippen molar-refractivity contribution in [1.29, 1.82) is 0 Å². The molecule has 0 aromatic heterocycles. The lowest BCUT2D eigenvalue weighted by Gasteiger charge is -2.26. The Labute approximate surface area is 123 Å². The number of hydrogen-bond acceptors (Lipinski definition) is 5. The van der Waals surface area contributed by atoms with Gasteiger partial charge in [-0.05, 0) is 18.6 Å². The van der Waals surface area contributed by atoms with Crippen molar-refractivity contribution < 1.29 is 28.3 Å². The predicted octanol–water partition coefficient (Wildman–Crippen LogP) is 1.79. The number of benzene rings is 1. The van der Waals surface area contributed by atoms with Gasteiger partial charge < -0.3 is 15.1 Å². The summed E-state index contributed by atoms with van der Waals surface area (Å²) in [5.41, 5.74) is -2.18. The Bertz CT molecular complexity index is 565. The van der Waals surface area contributed by atoms with Crippen molar-refractivity contribution in [2.45, 2.75) is 18.6 Å². The summed E-state index contributed by atoms with van der Waals surface area (Å²) in [7, 11) is 0.